The fourth-order valence-electron chi connectivity index (χ4n) is 5.64. The van der Waals surface area contributed by atoms with Gasteiger partial charge in [-0.1, -0.05) is 55.7 Å². The summed E-state index contributed by atoms with van der Waals surface area (Å²) in [4.78, 5) is 29.9. The average Bonchev–Trinajstić information content (AvgIpc) is 2.91. The van der Waals surface area contributed by atoms with Crippen molar-refractivity contribution in [3.63, 3.8) is 0 Å². The highest BCUT2D eigenvalue weighted by Crippen LogP contribution is 2.46. The normalized spacial score (nSPS) is 20.1. The van der Waals surface area contributed by atoms with Crippen LogP contribution < -0.4 is 10.1 Å². The number of halogens is 1. The number of benzene rings is 3. The average molecular weight is 487 g/mol. The van der Waals surface area contributed by atoms with Gasteiger partial charge in [-0.15, -0.1) is 0 Å². The Morgan fingerprint density at radius 1 is 1.00 bits per heavy atom. The van der Waals surface area contributed by atoms with E-state index in [1.807, 2.05) is 53.4 Å². The number of carbonyl (C=O) groups excluding carboxylic acids is 2. The Bertz CT molecular complexity index is 1270. The van der Waals surface area contributed by atoms with Crippen molar-refractivity contribution < 1.29 is 18.7 Å². The van der Waals surface area contributed by atoms with E-state index in [9.17, 15) is 14.0 Å². The monoisotopic (exact) mass is 486 g/mol. The Morgan fingerprint density at radius 2 is 1.72 bits per heavy atom. The van der Waals surface area contributed by atoms with Gasteiger partial charge < -0.3 is 15.0 Å². The zero-order chi connectivity index (χ0) is 25.2. The Morgan fingerprint density at radius 3 is 2.42 bits per heavy atom. The van der Waals surface area contributed by atoms with E-state index in [1.165, 1.54) is 6.07 Å². The Labute approximate surface area is 211 Å². The van der Waals surface area contributed by atoms with Crippen LogP contribution in [0.25, 0.3) is 0 Å². The lowest BCUT2D eigenvalue weighted by atomic mass is 9.77. The van der Waals surface area contributed by atoms with Crippen LogP contribution in [0.15, 0.2) is 66.7 Å². The molecule has 5 rings (SSSR count). The van der Waals surface area contributed by atoms with Crippen molar-refractivity contribution in [2.24, 2.45) is 0 Å². The third-order valence-electron chi connectivity index (χ3n) is 7.52. The summed E-state index contributed by atoms with van der Waals surface area (Å²) in [6, 6.07) is 19.2. The third-order valence-corrected chi connectivity index (χ3v) is 7.52. The summed E-state index contributed by atoms with van der Waals surface area (Å²) >= 11 is 0. The number of fused-ring (bicyclic) bond motifs is 1. The lowest BCUT2D eigenvalue weighted by Gasteiger charge is -2.46. The predicted molar refractivity (Wildman–Crippen MR) is 138 cm³/mol. The number of nitrogens with zero attached hydrogens (tertiary/aromatic N) is 1. The van der Waals surface area contributed by atoms with Crippen LogP contribution in [0.3, 0.4) is 0 Å². The second-order valence-electron chi connectivity index (χ2n) is 9.74. The number of ether oxygens (including phenoxy) is 1. The van der Waals surface area contributed by atoms with Gasteiger partial charge in [-0.2, -0.15) is 0 Å². The molecule has 1 aliphatic carbocycles. The van der Waals surface area contributed by atoms with Gasteiger partial charge in [0.05, 0.1) is 19.1 Å². The highest BCUT2D eigenvalue weighted by Gasteiger charge is 2.46. The van der Waals surface area contributed by atoms with Gasteiger partial charge in [0, 0.05) is 17.3 Å². The van der Waals surface area contributed by atoms with Crippen LogP contribution in [0.4, 0.5) is 10.1 Å². The van der Waals surface area contributed by atoms with E-state index in [4.69, 9.17) is 4.74 Å². The maximum Gasteiger partial charge on any atom is 0.254 e. The van der Waals surface area contributed by atoms with Crippen molar-refractivity contribution in [2.45, 2.75) is 57.0 Å². The quantitative estimate of drug-likeness (QED) is 0.454. The number of nitrogens with one attached hydrogen (secondary N) is 1. The molecule has 0 spiro atoms. The fraction of sp³-hybridized carbons (Fsp3) is 0.333. The first kappa shape index (κ1) is 24.0. The molecule has 3 aromatic carbocycles. The van der Waals surface area contributed by atoms with Crippen LogP contribution in [0, 0.1) is 12.7 Å². The first-order valence-corrected chi connectivity index (χ1v) is 12.6. The van der Waals surface area contributed by atoms with Crippen LogP contribution >= 0.6 is 0 Å². The Kier molecular flexibility index (Phi) is 6.77. The first-order valence-electron chi connectivity index (χ1n) is 12.6. The molecule has 1 saturated carbocycles. The highest BCUT2D eigenvalue weighted by atomic mass is 19.1. The number of methoxy groups -OCH3 is 1. The summed E-state index contributed by atoms with van der Waals surface area (Å²) in [6.45, 7) is 1.69. The zero-order valence-electron chi connectivity index (χ0n) is 20.7. The number of hydrogen-bond donors (Lipinski definition) is 1. The molecule has 186 valence electrons. The van der Waals surface area contributed by atoms with Crippen LogP contribution in [0.2, 0.25) is 0 Å². The minimum absolute atomic E-state index is 0.0382. The number of anilines is 1. The van der Waals surface area contributed by atoms with Gasteiger partial charge in [0.15, 0.2) is 0 Å². The molecule has 0 aromatic heterocycles. The van der Waals surface area contributed by atoms with Gasteiger partial charge in [0.25, 0.3) is 5.91 Å². The van der Waals surface area contributed by atoms with Crippen molar-refractivity contribution in [1.82, 2.24) is 4.90 Å². The van der Waals surface area contributed by atoms with Crippen LogP contribution in [0.1, 0.15) is 71.1 Å². The Balaban J connectivity index is 1.63. The van der Waals surface area contributed by atoms with Gasteiger partial charge in [-0.25, -0.2) is 4.39 Å². The van der Waals surface area contributed by atoms with E-state index in [1.54, 1.807) is 26.2 Å². The number of carbonyl (C=O) groups is 2. The van der Waals surface area contributed by atoms with Gasteiger partial charge >= 0.3 is 0 Å². The SMILES string of the molecule is COc1ccc([C@@H]2[C@@H](C(=O)Nc3ccc(C)c(F)c3)c3ccccc3C(=O)N2C2CCCCC2)cc1. The van der Waals surface area contributed by atoms with Crippen LogP contribution in [-0.4, -0.2) is 29.9 Å². The minimum atomic E-state index is -0.654. The lowest BCUT2D eigenvalue weighted by molar-refractivity contribution is -0.119. The molecule has 1 heterocycles. The maximum absolute atomic E-state index is 14.3. The number of aryl methyl sites for hydroxylation is 1. The second-order valence-corrected chi connectivity index (χ2v) is 9.74. The molecular weight excluding hydrogens is 455 g/mol. The van der Waals surface area contributed by atoms with E-state index in [-0.39, 0.29) is 23.7 Å². The zero-order valence-corrected chi connectivity index (χ0v) is 20.7. The standard InChI is InChI=1S/C30H31FN2O3/c1-19-12-15-21(18-26(19)31)32-29(34)27-24-10-6-7-11-25(24)30(35)33(22-8-4-3-5-9-22)28(27)20-13-16-23(36-2)17-14-20/h6-7,10-18,22,27-28H,3-5,8-9H2,1-2H3,(H,32,34)/t27-,28+/m0/s1. The summed E-state index contributed by atoms with van der Waals surface area (Å²) in [5.74, 6) is -0.619. The molecule has 2 atom stereocenters. The summed E-state index contributed by atoms with van der Waals surface area (Å²) in [7, 11) is 1.61. The first-order chi connectivity index (χ1) is 17.5. The van der Waals surface area contributed by atoms with Crippen LogP contribution in [-0.2, 0) is 4.79 Å². The number of rotatable bonds is 5. The minimum Gasteiger partial charge on any atom is -0.497 e. The molecule has 5 nitrogen and oxygen atoms in total. The van der Waals surface area contributed by atoms with E-state index in [0.29, 0.717) is 28.1 Å². The van der Waals surface area contributed by atoms with Crippen molar-refractivity contribution in [3.8, 4) is 5.75 Å². The maximum atomic E-state index is 14.3. The Hall–Kier alpha value is -3.67. The fourth-order valence-corrected chi connectivity index (χ4v) is 5.64. The van der Waals surface area contributed by atoms with Gasteiger partial charge in [-0.05, 0) is 66.8 Å². The largest absolute Gasteiger partial charge is 0.497 e. The van der Waals surface area contributed by atoms with E-state index in [0.717, 1.165) is 37.7 Å². The third kappa shape index (κ3) is 4.48. The second kappa shape index (κ2) is 10.1. The smallest absolute Gasteiger partial charge is 0.254 e. The molecule has 0 radical (unpaired) electrons. The van der Waals surface area contributed by atoms with Crippen molar-refractivity contribution in [1.29, 1.82) is 0 Å². The lowest BCUT2D eigenvalue weighted by Crippen LogP contribution is -2.51. The summed E-state index contributed by atoms with van der Waals surface area (Å²) in [6.07, 6.45) is 5.11. The summed E-state index contributed by atoms with van der Waals surface area (Å²) in [5, 5.41) is 2.94. The molecular formula is C30H31FN2O3. The van der Waals surface area contributed by atoms with Gasteiger partial charge in [0.2, 0.25) is 5.91 Å². The molecule has 2 amide bonds. The molecule has 1 aliphatic heterocycles. The highest BCUT2D eigenvalue weighted by molar-refractivity contribution is 6.04. The summed E-state index contributed by atoms with van der Waals surface area (Å²) < 4.78 is 19.6. The van der Waals surface area contributed by atoms with Gasteiger partial charge in [0.1, 0.15) is 11.6 Å². The molecule has 0 saturated heterocycles. The van der Waals surface area contributed by atoms with Crippen molar-refractivity contribution in [2.75, 3.05) is 12.4 Å². The van der Waals surface area contributed by atoms with Gasteiger partial charge in [-0.3, -0.25) is 9.59 Å². The van der Waals surface area contributed by atoms with Crippen molar-refractivity contribution >= 4 is 17.5 Å². The predicted octanol–water partition coefficient (Wildman–Crippen LogP) is 6.39. The number of hydrogen-bond acceptors (Lipinski definition) is 3. The molecule has 1 N–H and O–H groups in total. The van der Waals surface area contributed by atoms with E-state index in [2.05, 4.69) is 5.32 Å². The molecule has 36 heavy (non-hydrogen) atoms. The van der Waals surface area contributed by atoms with E-state index >= 15 is 0 Å². The van der Waals surface area contributed by atoms with Crippen molar-refractivity contribution in [3.05, 3.63) is 94.8 Å². The number of amides is 2. The van der Waals surface area contributed by atoms with E-state index < -0.39 is 12.0 Å². The molecule has 0 unspecified atom stereocenters. The molecule has 6 heteroatoms. The summed E-state index contributed by atoms with van der Waals surface area (Å²) in [5.41, 5.74) is 3.04. The van der Waals surface area contributed by atoms with Crippen LogP contribution in [0.5, 0.6) is 5.75 Å². The molecule has 1 fully saturated rings. The topological polar surface area (TPSA) is 58.6 Å². The molecule has 2 aliphatic rings. The molecule has 3 aromatic rings. The molecule has 0 bridgehead atoms.